The molecule has 0 saturated carbocycles. The summed E-state index contributed by atoms with van der Waals surface area (Å²) in [5.41, 5.74) is 0.855. The normalized spacial score (nSPS) is 12.4. The molecule has 6 nitrogen and oxygen atoms in total. The van der Waals surface area contributed by atoms with E-state index in [0.717, 1.165) is 12.1 Å². The lowest BCUT2D eigenvalue weighted by atomic mass is 10.2. The third-order valence-corrected chi connectivity index (χ3v) is 3.19. The SMILES string of the molecule is CC(=O)ON=C(C)c1cnn(-c2cc(C(F)(F)F)cc(C)n2)c1C. The third-order valence-electron chi connectivity index (χ3n) is 3.19. The second-order valence-electron chi connectivity index (χ2n) is 5.17. The van der Waals surface area contributed by atoms with Crippen LogP contribution in [0, 0.1) is 13.8 Å². The van der Waals surface area contributed by atoms with Gasteiger partial charge in [-0.15, -0.1) is 0 Å². The zero-order valence-corrected chi connectivity index (χ0v) is 13.5. The molecule has 0 amide bonds. The summed E-state index contributed by atoms with van der Waals surface area (Å²) in [5, 5.41) is 7.71. The molecule has 128 valence electrons. The van der Waals surface area contributed by atoms with E-state index in [0.29, 0.717) is 17.0 Å². The van der Waals surface area contributed by atoms with E-state index in [9.17, 15) is 18.0 Å². The maximum absolute atomic E-state index is 12.9. The fourth-order valence-corrected chi connectivity index (χ4v) is 2.10. The summed E-state index contributed by atoms with van der Waals surface area (Å²) in [6, 6.07) is 1.89. The number of aryl methyl sites for hydroxylation is 1. The Hall–Kier alpha value is -2.71. The molecule has 2 aromatic heterocycles. The van der Waals surface area contributed by atoms with E-state index < -0.39 is 17.7 Å². The first-order valence-electron chi connectivity index (χ1n) is 6.93. The first-order chi connectivity index (χ1) is 11.1. The van der Waals surface area contributed by atoms with Crippen molar-refractivity contribution in [2.75, 3.05) is 0 Å². The van der Waals surface area contributed by atoms with Crippen LogP contribution in [-0.4, -0.2) is 26.4 Å². The van der Waals surface area contributed by atoms with Gasteiger partial charge in [0.15, 0.2) is 5.82 Å². The highest BCUT2D eigenvalue weighted by Gasteiger charge is 2.31. The van der Waals surface area contributed by atoms with E-state index in [1.165, 1.54) is 24.7 Å². The zero-order chi connectivity index (χ0) is 18.1. The van der Waals surface area contributed by atoms with E-state index in [-0.39, 0.29) is 11.5 Å². The van der Waals surface area contributed by atoms with Crippen molar-refractivity contribution in [2.45, 2.75) is 33.9 Å². The molecule has 0 aliphatic carbocycles. The molecule has 9 heteroatoms. The highest BCUT2D eigenvalue weighted by atomic mass is 19.4. The summed E-state index contributed by atoms with van der Waals surface area (Å²) < 4.78 is 40.1. The topological polar surface area (TPSA) is 69.4 Å². The average Bonchev–Trinajstić information content (AvgIpc) is 2.85. The van der Waals surface area contributed by atoms with E-state index in [1.807, 2.05) is 0 Å². The van der Waals surface area contributed by atoms with Crippen molar-refractivity contribution in [1.29, 1.82) is 0 Å². The van der Waals surface area contributed by atoms with Gasteiger partial charge in [0.25, 0.3) is 0 Å². The molecular formula is C15H15F3N4O2. The molecule has 0 radical (unpaired) electrons. The van der Waals surface area contributed by atoms with Crippen LogP contribution in [0.5, 0.6) is 0 Å². The minimum absolute atomic E-state index is 0.0476. The van der Waals surface area contributed by atoms with Gasteiger partial charge in [-0.05, 0) is 32.9 Å². The van der Waals surface area contributed by atoms with Crippen LogP contribution >= 0.6 is 0 Å². The van der Waals surface area contributed by atoms with Crippen LogP contribution in [0.2, 0.25) is 0 Å². The molecular weight excluding hydrogens is 325 g/mol. The summed E-state index contributed by atoms with van der Waals surface area (Å²) in [4.78, 5) is 19.5. The molecule has 0 saturated heterocycles. The predicted octanol–water partition coefficient (Wildman–Crippen LogP) is 3.19. The van der Waals surface area contributed by atoms with Crippen molar-refractivity contribution in [3.8, 4) is 5.82 Å². The van der Waals surface area contributed by atoms with E-state index in [1.54, 1.807) is 13.8 Å². The van der Waals surface area contributed by atoms with Gasteiger partial charge >= 0.3 is 12.1 Å². The minimum atomic E-state index is -4.47. The third kappa shape index (κ3) is 3.79. The molecule has 2 heterocycles. The smallest absolute Gasteiger partial charge is 0.318 e. The fraction of sp³-hybridized carbons (Fsp3) is 0.333. The van der Waals surface area contributed by atoms with E-state index in [4.69, 9.17) is 0 Å². The van der Waals surface area contributed by atoms with Gasteiger partial charge in [0.2, 0.25) is 0 Å². The van der Waals surface area contributed by atoms with Gasteiger partial charge in [-0.25, -0.2) is 14.5 Å². The maximum atomic E-state index is 12.9. The number of nitrogens with zero attached hydrogens (tertiary/aromatic N) is 4. The number of pyridine rings is 1. The Bertz CT molecular complexity index is 810. The number of alkyl halides is 3. The number of rotatable bonds is 3. The van der Waals surface area contributed by atoms with Crippen molar-refractivity contribution < 1.29 is 22.8 Å². The quantitative estimate of drug-likeness (QED) is 0.489. The number of hydrogen-bond acceptors (Lipinski definition) is 5. The Kier molecular flexibility index (Phi) is 4.72. The molecule has 0 spiro atoms. The average molecular weight is 340 g/mol. The number of aromatic nitrogens is 3. The molecule has 0 aliphatic heterocycles. The van der Waals surface area contributed by atoms with Gasteiger partial charge < -0.3 is 4.84 Å². The van der Waals surface area contributed by atoms with Gasteiger partial charge in [0.05, 0.1) is 23.2 Å². The summed E-state index contributed by atoms with van der Waals surface area (Å²) >= 11 is 0. The summed E-state index contributed by atoms with van der Waals surface area (Å²) in [5.74, 6) is -0.527. The second-order valence-corrected chi connectivity index (χ2v) is 5.17. The minimum Gasteiger partial charge on any atom is -0.318 e. The van der Waals surface area contributed by atoms with Crippen LogP contribution < -0.4 is 0 Å². The maximum Gasteiger partial charge on any atom is 0.416 e. The van der Waals surface area contributed by atoms with Crippen LogP contribution in [0.1, 0.15) is 36.4 Å². The number of carbonyl (C=O) groups excluding carboxylic acids is 1. The van der Waals surface area contributed by atoms with Crippen molar-refractivity contribution in [3.63, 3.8) is 0 Å². The van der Waals surface area contributed by atoms with Crippen molar-refractivity contribution in [1.82, 2.24) is 14.8 Å². The van der Waals surface area contributed by atoms with Gasteiger partial charge in [0.1, 0.15) is 0 Å². The van der Waals surface area contributed by atoms with Crippen LogP contribution in [0.3, 0.4) is 0 Å². The summed E-state index contributed by atoms with van der Waals surface area (Å²) in [6.45, 7) is 5.95. The first-order valence-corrected chi connectivity index (χ1v) is 6.93. The lowest BCUT2D eigenvalue weighted by Crippen LogP contribution is -2.10. The Morgan fingerprint density at radius 3 is 2.50 bits per heavy atom. The number of carbonyl (C=O) groups is 1. The van der Waals surface area contributed by atoms with Crippen LogP contribution in [0.25, 0.3) is 5.82 Å². The molecule has 0 fully saturated rings. The largest absolute Gasteiger partial charge is 0.416 e. The summed E-state index contributed by atoms with van der Waals surface area (Å²) in [7, 11) is 0. The van der Waals surface area contributed by atoms with Gasteiger partial charge in [0, 0.05) is 18.2 Å². The monoisotopic (exact) mass is 340 g/mol. The second kappa shape index (κ2) is 6.42. The Balaban J connectivity index is 2.47. The predicted molar refractivity (Wildman–Crippen MR) is 79.8 cm³/mol. The lowest BCUT2D eigenvalue weighted by Gasteiger charge is -2.11. The molecule has 24 heavy (non-hydrogen) atoms. The molecule has 2 rings (SSSR count). The molecule has 0 unspecified atom stereocenters. The standard InChI is InChI=1S/C15H15F3N4O2/c1-8-5-12(15(16,17)18)6-14(20-8)22-10(3)13(7-19-22)9(2)21-24-11(4)23/h5-7H,1-4H3. The fourth-order valence-electron chi connectivity index (χ4n) is 2.10. The summed E-state index contributed by atoms with van der Waals surface area (Å²) in [6.07, 6.45) is -3.05. The highest BCUT2D eigenvalue weighted by Crippen LogP contribution is 2.30. The Morgan fingerprint density at radius 2 is 1.92 bits per heavy atom. The lowest BCUT2D eigenvalue weighted by molar-refractivity contribution is -0.141. The number of hydrogen-bond donors (Lipinski definition) is 0. The molecule has 0 aliphatic rings. The van der Waals surface area contributed by atoms with Crippen LogP contribution in [-0.2, 0) is 15.8 Å². The highest BCUT2D eigenvalue weighted by molar-refractivity contribution is 5.99. The van der Waals surface area contributed by atoms with Gasteiger partial charge in [-0.3, -0.25) is 0 Å². The van der Waals surface area contributed by atoms with Crippen LogP contribution in [0.4, 0.5) is 13.2 Å². The van der Waals surface area contributed by atoms with Crippen molar-refractivity contribution in [3.05, 3.63) is 40.8 Å². The molecule has 0 atom stereocenters. The van der Waals surface area contributed by atoms with E-state index >= 15 is 0 Å². The molecule has 2 aromatic rings. The van der Waals surface area contributed by atoms with Gasteiger partial charge in [-0.1, -0.05) is 5.16 Å². The van der Waals surface area contributed by atoms with E-state index in [2.05, 4.69) is 20.1 Å². The number of oxime groups is 1. The molecule has 0 aromatic carbocycles. The first kappa shape index (κ1) is 17.6. The molecule has 0 N–H and O–H groups in total. The Morgan fingerprint density at radius 1 is 1.25 bits per heavy atom. The van der Waals surface area contributed by atoms with Crippen molar-refractivity contribution >= 4 is 11.7 Å². The Labute approximate surface area is 135 Å². The zero-order valence-electron chi connectivity index (χ0n) is 13.5. The van der Waals surface area contributed by atoms with Crippen molar-refractivity contribution in [2.24, 2.45) is 5.16 Å². The molecule has 0 bridgehead atoms. The van der Waals surface area contributed by atoms with Gasteiger partial charge in [-0.2, -0.15) is 18.3 Å². The van der Waals surface area contributed by atoms with Crippen LogP contribution in [0.15, 0.2) is 23.5 Å². The number of halogens is 3.